The molecule has 0 aromatic carbocycles. The van der Waals surface area contributed by atoms with Gasteiger partial charge in [0.15, 0.2) is 4.67 Å². The fourth-order valence-corrected chi connectivity index (χ4v) is 2.51. The summed E-state index contributed by atoms with van der Waals surface area (Å²) in [5, 5.41) is 0. The van der Waals surface area contributed by atoms with Crippen molar-refractivity contribution < 1.29 is 4.42 Å². The van der Waals surface area contributed by atoms with Gasteiger partial charge in [-0.25, -0.2) is 0 Å². The quantitative estimate of drug-likeness (QED) is 0.899. The second kappa shape index (κ2) is 3.70. The lowest BCUT2D eigenvalue weighted by molar-refractivity contribution is 0.134. The van der Waals surface area contributed by atoms with Crippen LogP contribution in [0, 0.1) is 5.41 Å². The van der Waals surface area contributed by atoms with E-state index in [4.69, 9.17) is 10.2 Å². The molecule has 0 bridgehead atoms. The molecule has 0 radical (unpaired) electrons. The van der Waals surface area contributed by atoms with E-state index in [9.17, 15) is 0 Å². The minimum atomic E-state index is 0.121. The molecule has 0 spiro atoms. The third kappa shape index (κ3) is 2.04. The molecule has 0 amide bonds. The average Bonchev–Trinajstić information content (AvgIpc) is 2.49. The molecule has 2 rings (SSSR count). The number of halogens is 1. The molecule has 1 fully saturated rings. The Morgan fingerprint density at radius 1 is 1.64 bits per heavy atom. The zero-order chi connectivity index (χ0) is 10.2. The summed E-state index contributed by atoms with van der Waals surface area (Å²) in [6.45, 7) is 2.32. The predicted molar refractivity (Wildman–Crippen MR) is 59.9 cm³/mol. The van der Waals surface area contributed by atoms with Crippen LogP contribution < -0.4 is 5.73 Å². The Kier molecular flexibility index (Phi) is 2.71. The fraction of sp³-hybridized carbons (Fsp3) is 0.636. The normalized spacial score (nSPS) is 21.6. The summed E-state index contributed by atoms with van der Waals surface area (Å²) >= 11 is 3.29. The minimum absolute atomic E-state index is 0.121. The van der Waals surface area contributed by atoms with Gasteiger partial charge in [-0.1, -0.05) is 13.3 Å². The smallest absolute Gasteiger partial charge is 0.169 e. The second-order valence-electron chi connectivity index (χ2n) is 4.66. The highest BCUT2D eigenvalue weighted by Gasteiger charge is 2.33. The van der Waals surface area contributed by atoms with Crippen LogP contribution in [0.4, 0.5) is 0 Å². The minimum Gasteiger partial charge on any atom is -0.457 e. The summed E-state index contributed by atoms with van der Waals surface area (Å²) in [5.41, 5.74) is 7.70. The lowest BCUT2D eigenvalue weighted by Crippen LogP contribution is -2.30. The van der Waals surface area contributed by atoms with Crippen LogP contribution in [0.25, 0.3) is 0 Å². The number of hydrogen-bond donors (Lipinski definition) is 1. The molecule has 1 unspecified atom stereocenters. The molecule has 0 saturated heterocycles. The Labute approximate surface area is 93.0 Å². The van der Waals surface area contributed by atoms with Gasteiger partial charge in [-0.2, -0.15) is 0 Å². The summed E-state index contributed by atoms with van der Waals surface area (Å²) in [4.78, 5) is 0. The van der Waals surface area contributed by atoms with E-state index in [2.05, 4.69) is 22.9 Å². The van der Waals surface area contributed by atoms with Crippen LogP contribution in [0.3, 0.4) is 0 Å². The van der Waals surface area contributed by atoms with Gasteiger partial charge in [0.1, 0.15) is 0 Å². The van der Waals surface area contributed by atoms with Crippen LogP contribution in [0.15, 0.2) is 21.4 Å². The van der Waals surface area contributed by atoms with Crippen molar-refractivity contribution in [1.29, 1.82) is 0 Å². The first-order valence-electron chi connectivity index (χ1n) is 5.09. The molecule has 1 saturated carbocycles. The Hall–Kier alpha value is -0.280. The molecule has 0 aliphatic heterocycles. The Morgan fingerprint density at radius 3 is 2.79 bits per heavy atom. The van der Waals surface area contributed by atoms with E-state index in [0.29, 0.717) is 5.41 Å². The molecule has 1 aromatic rings. The van der Waals surface area contributed by atoms with Gasteiger partial charge in [0, 0.05) is 11.6 Å². The van der Waals surface area contributed by atoms with Crippen molar-refractivity contribution in [1.82, 2.24) is 0 Å². The van der Waals surface area contributed by atoms with Crippen molar-refractivity contribution in [3.63, 3.8) is 0 Å². The molecule has 1 heterocycles. The van der Waals surface area contributed by atoms with E-state index in [1.807, 2.05) is 6.07 Å². The number of hydrogen-bond acceptors (Lipinski definition) is 2. The van der Waals surface area contributed by atoms with Gasteiger partial charge in [0.05, 0.1) is 6.26 Å². The summed E-state index contributed by atoms with van der Waals surface area (Å²) in [7, 11) is 0. The van der Waals surface area contributed by atoms with Crippen LogP contribution in [-0.4, -0.2) is 0 Å². The van der Waals surface area contributed by atoms with Gasteiger partial charge < -0.3 is 10.2 Å². The zero-order valence-corrected chi connectivity index (χ0v) is 10.0. The van der Waals surface area contributed by atoms with E-state index in [0.717, 1.165) is 16.7 Å². The molecule has 1 aliphatic rings. The van der Waals surface area contributed by atoms with Gasteiger partial charge in [0.2, 0.25) is 0 Å². The topological polar surface area (TPSA) is 39.2 Å². The number of rotatable bonds is 3. The molecule has 14 heavy (non-hydrogen) atoms. The lowest BCUT2D eigenvalue weighted by Gasteiger charge is -2.40. The van der Waals surface area contributed by atoms with E-state index in [-0.39, 0.29) is 6.04 Å². The zero-order valence-electron chi connectivity index (χ0n) is 8.42. The summed E-state index contributed by atoms with van der Waals surface area (Å²) < 4.78 is 5.95. The summed E-state index contributed by atoms with van der Waals surface area (Å²) in [6, 6.07) is 2.09. The second-order valence-corrected chi connectivity index (χ2v) is 5.44. The van der Waals surface area contributed by atoms with E-state index in [1.54, 1.807) is 6.26 Å². The van der Waals surface area contributed by atoms with Crippen molar-refractivity contribution in [2.45, 2.75) is 38.6 Å². The standard InChI is InChI=1S/C11H16BrNO/c1-11(3-2-4-11)6-9(13)8-5-10(12)14-7-8/h5,7,9H,2-4,6,13H2,1H3. The van der Waals surface area contributed by atoms with E-state index < -0.39 is 0 Å². The highest BCUT2D eigenvalue weighted by atomic mass is 79.9. The maximum atomic E-state index is 6.12. The molecule has 1 atom stereocenters. The molecule has 3 heteroatoms. The van der Waals surface area contributed by atoms with E-state index in [1.165, 1.54) is 19.3 Å². The van der Waals surface area contributed by atoms with Crippen molar-refractivity contribution >= 4 is 15.9 Å². The number of furan rings is 1. The van der Waals surface area contributed by atoms with Gasteiger partial charge in [-0.05, 0) is 46.7 Å². The highest BCUT2D eigenvalue weighted by molar-refractivity contribution is 9.10. The molecule has 2 nitrogen and oxygen atoms in total. The van der Waals surface area contributed by atoms with Gasteiger partial charge in [-0.15, -0.1) is 0 Å². The first kappa shape index (κ1) is 10.2. The maximum absolute atomic E-state index is 6.12. The van der Waals surface area contributed by atoms with Crippen LogP contribution >= 0.6 is 15.9 Å². The van der Waals surface area contributed by atoms with Gasteiger partial charge >= 0.3 is 0 Å². The first-order valence-corrected chi connectivity index (χ1v) is 5.88. The van der Waals surface area contributed by atoms with Crippen LogP contribution in [-0.2, 0) is 0 Å². The monoisotopic (exact) mass is 257 g/mol. The molecular formula is C11H16BrNO. The molecule has 1 aromatic heterocycles. The maximum Gasteiger partial charge on any atom is 0.169 e. The highest BCUT2D eigenvalue weighted by Crippen LogP contribution is 2.46. The SMILES string of the molecule is CC1(CC(N)c2coc(Br)c2)CCC1. The van der Waals surface area contributed by atoms with Crippen LogP contribution in [0.2, 0.25) is 0 Å². The van der Waals surface area contributed by atoms with E-state index >= 15 is 0 Å². The average molecular weight is 258 g/mol. The number of nitrogens with two attached hydrogens (primary N) is 1. The van der Waals surface area contributed by atoms with Crippen molar-refractivity contribution in [3.8, 4) is 0 Å². The first-order chi connectivity index (χ1) is 6.59. The molecular weight excluding hydrogens is 242 g/mol. The third-order valence-electron chi connectivity index (χ3n) is 3.29. The predicted octanol–water partition coefficient (Wildman–Crippen LogP) is 3.62. The van der Waals surface area contributed by atoms with Crippen molar-refractivity contribution in [2.75, 3.05) is 0 Å². The van der Waals surface area contributed by atoms with Gasteiger partial charge in [-0.3, -0.25) is 0 Å². The van der Waals surface area contributed by atoms with Crippen molar-refractivity contribution in [3.05, 3.63) is 22.6 Å². The Morgan fingerprint density at radius 2 is 2.36 bits per heavy atom. The fourth-order valence-electron chi connectivity index (χ4n) is 2.15. The lowest BCUT2D eigenvalue weighted by atomic mass is 9.66. The van der Waals surface area contributed by atoms with Gasteiger partial charge in [0.25, 0.3) is 0 Å². The molecule has 2 N–H and O–H groups in total. The Balaban J connectivity index is 1.98. The van der Waals surface area contributed by atoms with Crippen molar-refractivity contribution in [2.24, 2.45) is 11.1 Å². The summed E-state index contributed by atoms with van der Waals surface area (Å²) in [6.07, 6.45) is 6.81. The summed E-state index contributed by atoms with van der Waals surface area (Å²) in [5.74, 6) is 0. The Bertz CT molecular complexity index is 317. The third-order valence-corrected chi connectivity index (χ3v) is 3.71. The molecule has 1 aliphatic carbocycles. The van der Waals surface area contributed by atoms with Crippen LogP contribution in [0.1, 0.15) is 44.2 Å². The van der Waals surface area contributed by atoms with Crippen LogP contribution in [0.5, 0.6) is 0 Å². The largest absolute Gasteiger partial charge is 0.457 e. The molecule has 78 valence electrons.